The van der Waals surface area contributed by atoms with Gasteiger partial charge in [0.25, 0.3) is 0 Å². The summed E-state index contributed by atoms with van der Waals surface area (Å²) in [7, 11) is 0. The topological polar surface area (TPSA) is 12.9 Å². The number of rotatable bonds is 1. The number of pyridine rings is 1. The monoisotopic (exact) mass is 303 g/mol. The molecule has 0 N–H and O–H groups in total. The fourth-order valence-electron chi connectivity index (χ4n) is 3.29. The molecule has 0 saturated heterocycles. The third kappa shape index (κ3) is 3.01. The van der Waals surface area contributed by atoms with Gasteiger partial charge in [0.15, 0.2) is 0 Å². The molecule has 1 heterocycles. The maximum Gasteiger partial charge on any atom is 0.0382 e. The van der Waals surface area contributed by atoms with E-state index >= 15 is 0 Å². The summed E-state index contributed by atoms with van der Waals surface area (Å²) in [6.07, 6.45) is 0. The Balaban J connectivity index is 2.38. The zero-order chi connectivity index (χ0) is 16.8. The largest absolute Gasteiger partial charge is 0.258 e. The van der Waals surface area contributed by atoms with Crippen molar-refractivity contribution in [3.63, 3.8) is 0 Å². The average Bonchev–Trinajstić information content (AvgIpc) is 2.71. The number of hydrogen-bond donors (Lipinski definition) is 0. The number of fused-ring (bicyclic) bond motifs is 1. The molecule has 0 aromatic carbocycles. The van der Waals surface area contributed by atoms with Crippen LogP contribution in [0.4, 0.5) is 0 Å². The van der Waals surface area contributed by atoms with Crippen LogP contribution in [0.15, 0.2) is 42.5 Å². The lowest BCUT2D eigenvalue weighted by atomic mass is 9.84. The van der Waals surface area contributed by atoms with E-state index in [2.05, 4.69) is 89.0 Å². The van der Waals surface area contributed by atoms with Gasteiger partial charge in [0, 0.05) is 11.4 Å². The lowest BCUT2D eigenvalue weighted by Gasteiger charge is -2.21. The summed E-state index contributed by atoms with van der Waals surface area (Å²) >= 11 is 0. The standard InChI is InChI=1S/C22H25N/c1-14-7-9-17-13-20(22(4,5)6)21(19(17)10-8-14)18-11-15(2)23-16(3)12-18/h7-13H,1-6H3. The van der Waals surface area contributed by atoms with Crippen molar-refractivity contribution in [2.24, 2.45) is 0 Å². The van der Waals surface area contributed by atoms with E-state index in [4.69, 9.17) is 0 Å². The van der Waals surface area contributed by atoms with Crippen LogP contribution >= 0.6 is 0 Å². The Morgan fingerprint density at radius 1 is 0.739 bits per heavy atom. The van der Waals surface area contributed by atoms with E-state index < -0.39 is 0 Å². The van der Waals surface area contributed by atoms with E-state index in [1.165, 1.54) is 33.4 Å². The highest BCUT2D eigenvalue weighted by atomic mass is 14.7. The first-order valence-corrected chi connectivity index (χ1v) is 8.25. The van der Waals surface area contributed by atoms with E-state index in [-0.39, 0.29) is 5.41 Å². The fraction of sp³-hybridized carbons (Fsp3) is 0.318. The molecule has 1 aromatic rings. The van der Waals surface area contributed by atoms with Crippen LogP contribution in [0.5, 0.6) is 0 Å². The number of aryl methyl sites for hydroxylation is 3. The van der Waals surface area contributed by atoms with E-state index in [1.54, 1.807) is 0 Å². The maximum atomic E-state index is 4.54. The van der Waals surface area contributed by atoms with Gasteiger partial charge in [-0.2, -0.15) is 0 Å². The van der Waals surface area contributed by atoms with Crippen LogP contribution in [-0.2, 0) is 5.41 Å². The van der Waals surface area contributed by atoms with Crippen LogP contribution in [-0.4, -0.2) is 4.98 Å². The molecule has 0 atom stereocenters. The van der Waals surface area contributed by atoms with Gasteiger partial charge in [-0.15, -0.1) is 0 Å². The minimum Gasteiger partial charge on any atom is -0.258 e. The van der Waals surface area contributed by atoms with Crippen molar-refractivity contribution in [1.29, 1.82) is 0 Å². The molecule has 118 valence electrons. The van der Waals surface area contributed by atoms with Crippen LogP contribution < -0.4 is 0 Å². The van der Waals surface area contributed by atoms with Gasteiger partial charge in [-0.1, -0.05) is 50.6 Å². The summed E-state index contributed by atoms with van der Waals surface area (Å²) in [4.78, 5) is 4.54. The second-order valence-corrected chi connectivity index (χ2v) is 7.60. The molecule has 2 aliphatic carbocycles. The molecule has 2 aliphatic rings. The van der Waals surface area contributed by atoms with E-state index in [0.717, 1.165) is 11.4 Å². The Morgan fingerprint density at radius 3 is 1.96 bits per heavy atom. The smallest absolute Gasteiger partial charge is 0.0382 e. The molecule has 1 heteroatoms. The highest BCUT2D eigenvalue weighted by molar-refractivity contribution is 5.90. The molecule has 0 saturated carbocycles. The van der Waals surface area contributed by atoms with Gasteiger partial charge in [0.05, 0.1) is 0 Å². The van der Waals surface area contributed by atoms with Crippen LogP contribution in [0.3, 0.4) is 0 Å². The van der Waals surface area contributed by atoms with Crippen LogP contribution in [0.25, 0.3) is 22.3 Å². The molecule has 1 aromatic heterocycles. The van der Waals surface area contributed by atoms with E-state index in [0.29, 0.717) is 0 Å². The summed E-state index contributed by atoms with van der Waals surface area (Å²) in [5, 5.41) is 0. The predicted octanol–water partition coefficient (Wildman–Crippen LogP) is 6.08. The summed E-state index contributed by atoms with van der Waals surface area (Å²) in [5.74, 6) is 0. The van der Waals surface area contributed by atoms with Crippen molar-refractivity contribution < 1.29 is 0 Å². The Hall–Kier alpha value is -2.15. The minimum atomic E-state index is 0.104. The van der Waals surface area contributed by atoms with Crippen molar-refractivity contribution in [2.45, 2.75) is 47.0 Å². The van der Waals surface area contributed by atoms with Crippen molar-refractivity contribution in [2.75, 3.05) is 0 Å². The number of nitrogens with zero attached hydrogens (tertiary/aromatic N) is 1. The third-order valence-corrected chi connectivity index (χ3v) is 4.37. The molecule has 0 amide bonds. The second kappa shape index (κ2) is 5.49. The van der Waals surface area contributed by atoms with E-state index in [1.807, 2.05) is 0 Å². The normalized spacial score (nSPS) is 11.9. The summed E-state index contributed by atoms with van der Waals surface area (Å²) in [5.41, 5.74) is 10.2. The van der Waals surface area contributed by atoms with Crippen molar-refractivity contribution in [3.05, 3.63) is 65.0 Å². The zero-order valence-electron chi connectivity index (χ0n) is 15.0. The fourth-order valence-corrected chi connectivity index (χ4v) is 3.29. The lowest BCUT2D eigenvalue weighted by Crippen LogP contribution is -2.11. The lowest BCUT2D eigenvalue weighted by molar-refractivity contribution is 0.594. The quantitative estimate of drug-likeness (QED) is 0.531. The van der Waals surface area contributed by atoms with Crippen molar-refractivity contribution >= 4 is 0 Å². The Kier molecular flexibility index (Phi) is 3.75. The molecule has 0 spiro atoms. The first kappa shape index (κ1) is 15.7. The molecule has 0 bridgehead atoms. The Morgan fingerprint density at radius 2 is 1.35 bits per heavy atom. The SMILES string of the molecule is Cc1ccc2cc(C(C)(C)C)c(-c3cc(C)nc(C)c3)c-2cc1. The summed E-state index contributed by atoms with van der Waals surface area (Å²) in [6.45, 7) is 13.2. The zero-order valence-corrected chi connectivity index (χ0v) is 15.0. The summed E-state index contributed by atoms with van der Waals surface area (Å²) in [6, 6.07) is 15.7. The van der Waals surface area contributed by atoms with Crippen LogP contribution in [0, 0.1) is 20.8 Å². The molecule has 0 radical (unpaired) electrons. The molecule has 1 nitrogen and oxygen atoms in total. The third-order valence-electron chi connectivity index (χ3n) is 4.37. The molecule has 3 rings (SSSR count). The van der Waals surface area contributed by atoms with Crippen LogP contribution in [0.2, 0.25) is 0 Å². The van der Waals surface area contributed by atoms with Gasteiger partial charge in [-0.3, -0.25) is 4.98 Å². The molecule has 0 fully saturated rings. The van der Waals surface area contributed by atoms with Gasteiger partial charge >= 0.3 is 0 Å². The second-order valence-electron chi connectivity index (χ2n) is 7.60. The van der Waals surface area contributed by atoms with Crippen molar-refractivity contribution in [1.82, 2.24) is 4.98 Å². The highest BCUT2D eigenvalue weighted by Gasteiger charge is 2.25. The van der Waals surface area contributed by atoms with Gasteiger partial charge in [-0.05, 0) is 72.2 Å². The molecule has 0 unspecified atom stereocenters. The highest BCUT2D eigenvalue weighted by Crippen LogP contribution is 2.44. The van der Waals surface area contributed by atoms with Crippen molar-refractivity contribution in [3.8, 4) is 22.3 Å². The number of aromatic nitrogens is 1. The van der Waals surface area contributed by atoms with Gasteiger partial charge in [0.2, 0.25) is 0 Å². The molecular weight excluding hydrogens is 278 g/mol. The first-order valence-electron chi connectivity index (χ1n) is 8.25. The predicted molar refractivity (Wildman–Crippen MR) is 99.2 cm³/mol. The van der Waals surface area contributed by atoms with Gasteiger partial charge < -0.3 is 0 Å². The Bertz CT molecular complexity index is 817. The molecule has 0 aliphatic heterocycles. The van der Waals surface area contributed by atoms with Gasteiger partial charge in [-0.25, -0.2) is 0 Å². The minimum absolute atomic E-state index is 0.104. The molecular formula is C22H25N. The van der Waals surface area contributed by atoms with Gasteiger partial charge in [0.1, 0.15) is 0 Å². The molecule has 23 heavy (non-hydrogen) atoms. The van der Waals surface area contributed by atoms with E-state index in [9.17, 15) is 0 Å². The Labute approximate surface area is 139 Å². The first-order chi connectivity index (χ1) is 10.8. The maximum absolute atomic E-state index is 4.54. The number of hydrogen-bond acceptors (Lipinski definition) is 1. The van der Waals surface area contributed by atoms with Crippen LogP contribution in [0.1, 0.15) is 43.3 Å². The average molecular weight is 303 g/mol. The summed E-state index contributed by atoms with van der Waals surface area (Å²) < 4.78 is 0.